The van der Waals surface area contributed by atoms with Gasteiger partial charge in [-0.05, 0) is 18.2 Å². The first-order valence-corrected chi connectivity index (χ1v) is 8.76. The number of benzene rings is 2. The van der Waals surface area contributed by atoms with Gasteiger partial charge in [-0.2, -0.15) is 0 Å². The van der Waals surface area contributed by atoms with Gasteiger partial charge in [-0.3, -0.25) is 4.79 Å². The zero-order valence-electron chi connectivity index (χ0n) is 15.8. The van der Waals surface area contributed by atoms with E-state index in [-0.39, 0.29) is 12.5 Å². The maximum absolute atomic E-state index is 12.8. The predicted molar refractivity (Wildman–Crippen MR) is 106 cm³/mol. The minimum Gasteiger partial charge on any atom is -0.496 e. The number of imidazole rings is 1. The Morgan fingerprint density at radius 1 is 1.19 bits per heavy atom. The van der Waals surface area contributed by atoms with E-state index in [2.05, 4.69) is 10.3 Å². The van der Waals surface area contributed by atoms with Crippen molar-refractivity contribution in [3.63, 3.8) is 0 Å². The second-order valence-corrected chi connectivity index (χ2v) is 6.33. The molecule has 1 N–H and O–H groups in total. The van der Waals surface area contributed by atoms with Crippen molar-refractivity contribution in [1.82, 2.24) is 14.9 Å². The Kier molecular flexibility index (Phi) is 5.76. The fraction of sp³-hybridized carbons (Fsp3) is 0.238. The number of amides is 1. The van der Waals surface area contributed by atoms with E-state index in [4.69, 9.17) is 4.74 Å². The molecule has 6 nitrogen and oxygen atoms in total. The van der Waals surface area contributed by atoms with Crippen LogP contribution < -0.4 is 15.0 Å². The minimum atomic E-state index is -0.405. The number of para-hydroxylation sites is 2. The van der Waals surface area contributed by atoms with Crippen LogP contribution in [0.2, 0.25) is 0 Å². The number of carbonyl (C=O) groups excluding carboxylic acids is 1. The molecule has 1 amide bonds. The van der Waals surface area contributed by atoms with Crippen molar-refractivity contribution < 1.29 is 9.53 Å². The number of hydrogen-bond acceptors (Lipinski definition) is 4. The quantitative estimate of drug-likeness (QED) is 0.700. The first-order valence-electron chi connectivity index (χ1n) is 8.76. The highest BCUT2D eigenvalue weighted by atomic mass is 16.5. The Hall–Kier alpha value is -3.28. The topological polar surface area (TPSA) is 59.4 Å². The lowest BCUT2D eigenvalue weighted by Gasteiger charge is -2.24. The van der Waals surface area contributed by atoms with Gasteiger partial charge in [-0.25, -0.2) is 4.98 Å². The molecule has 0 bridgehead atoms. The molecule has 140 valence electrons. The number of nitrogens with one attached hydrogen (secondary N) is 1. The Morgan fingerprint density at radius 2 is 1.89 bits per heavy atom. The van der Waals surface area contributed by atoms with Crippen LogP contribution in [0.4, 0.5) is 5.69 Å². The van der Waals surface area contributed by atoms with Crippen molar-refractivity contribution in [3.8, 4) is 5.75 Å². The van der Waals surface area contributed by atoms with Crippen LogP contribution in [0.1, 0.15) is 17.4 Å². The normalized spacial score (nSPS) is 11.7. The zero-order valence-corrected chi connectivity index (χ0v) is 15.8. The number of rotatable bonds is 7. The zero-order chi connectivity index (χ0) is 19.2. The van der Waals surface area contributed by atoms with Crippen LogP contribution in [-0.2, 0) is 11.8 Å². The molecule has 0 saturated heterocycles. The average Bonchev–Trinajstić information content (AvgIpc) is 3.12. The number of ether oxygens (including phenoxy) is 1. The third-order valence-corrected chi connectivity index (χ3v) is 4.45. The van der Waals surface area contributed by atoms with Crippen LogP contribution in [0.25, 0.3) is 0 Å². The molecule has 0 radical (unpaired) electrons. The Labute approximate surface area is 159 Å². The summed E-state index contributed by atoms with van der Waals surface area (Å²) in [7, 11) is 5.43. The van der Waals surface area contributed by atoms with Crippen molar-refractivity contribution in [2.75, 3.05) is 25.6 Å². The van der Waals surface area contributed by atoms with Gasteiger partial charge in [0.25, 0.3) is 0 Å². The van der Waals surface area contributed by atoms with Gasteiger partial charge in [0.05, 0.1) is 13.7 Å². The van der Waals surface area contributed by atoms with Gasteiger partial charge >= 0.3 is 0 Å². The number of methoxy groups -OCH3 is 1. The molecule has 2 aromatic carbocycles. The van der Waals surface area contributed by atoms with Crippen molar-refractivity contribution in [2.24, 2.45) is 7.05 Å². The standard InChI is InChI=1S/C21H24N4O2/c1-24-14-13-22-21(24)20(17-11-7-8-12-18(17)27-3)23-19(26)15-25(2)16-9-5-4-6-10-16/h4-14,20H,15H2,1-3H3,(H,23,26). The van der Waals surface area contributed by atoms with Crippen LogP contribution in [0.15, 0.2) is 67.0 Å². The summed E-state index contributed by atoms with van der Waals surface area (Å²) in [6.07, 6.45) is 3.58. The van der Waals surface area contributed by atoms with E-state index in [1.54, 1.807) is 13.3 Å². The first-order chi connectivity index (χ1) is 13.1. The average molecular weight is 364 g/mol. The van der Waals surface area contributed by atoms with E-state index >= 15 is 0 Å². The predicted octanol–water partition coefficient (Wildman–Crippen LogP) is 2.77. The summed E-state index contributed by atoms with van der Waals surface area (Å²) < 4.78 is 7.40. The number of nitrogens with zero attached hydrogens (tertiary/aromatic N) is 3. The molecule has 6 heteroatoms. The van der Waals surface area contributed by atoms with Crippen molar-refractivity contribution in [1.29, 1.82) is 0 Å². The van der Waals surface area contributed by atoms with E-state index < -0.39 is 6.04 Å². The van der Waals surface area contributed by atoms with Crippen LogP contribution in [-0.4, -0.2) is 36.2 Å². The molecule has 1 atom stereocenters. The number of aromatic nitrogens is 2. The Bertz CT molecular complexity index is 892. The molecule has 3 aromatic rings. The number of anilines is 1. The highest BCUT2D eigenvalue weighted by molar-refractivity contribution is 5.82. The maximum atomic E-state index is 12.8. The van der Waals surface area contributed by atoms with Crippen molar-refractivity contribution >= 4 is 11.6 Å². The van der Waals surface area contributed by atoms with E-state index in [0.717, 1.165) is 17.1 Å². The number of hydrogen-bond donors (Lipinski definition) is 1. The molecule has 3 rings (SSSR count). The fourth-order valence-corrected chi connectivity index (χ4v) is 3.04. The highest BCUT2D eigenvalue weighted by Gasteiger charge is 2.24. The highest BCUT2D eigenvalue weighted by Crippen LogP contribution is 2.29. The molecule has 0 fully saturated rings. The van der Waals surface area contributed by atoms with Gasteiger partial charge in [0, 0.05) is 37.7 Å². The first kappa shape index (κ1) is 18.5. The number of likely N-dealkylation sites (N-methyl/N-ethyl adjacent to an activating group) is 1. The summed E-state index contributed by atoms with van der Waals surface area (Å²) in [5, 5.41) is 3.11. The fourth-order valence-electron chi connectivity index (χ4n) is 3.04. The SMILES string of the molecule is COc1ccccc1C(NC(=O)CN(C)c1ccccc1)c1nccn1C. The molecule has 1 aromatic heterocycles. The summed E-state index contributed by atoms with van der Waals surface area (Å²) in [5.41, 5.74) is 1.85. The summed E-state index contributed by atoms with van der Waals surface area (Å²) >= 11 is 0. The summed E-state index contributed by atoms with van der Waals surface area (Å²) in [6, 6.07) is 17.1. The largest absolute Gasteiger partial charge is 0.496 e. The second-order valence-electron chi connectivity index (χ2n) is 6.33. The van der Waals surface area contributed by atoms with Gasteiger partial charge < -0.3 is 19.5 Å². The number of aryl methyl sites for hydroxylation is 1. The lowest BCUT2D eigenvalue weighted by molar-refractivity contribution is -0.120. The molecular weight excluding hydrogens is 340 g/mol. The second kappa shape index (κ2) is 8.40. The van der Waals surface area contributed by atoms with Gasteiger partial charge in [0.2, 0.25) is 5.91 Å². The van der Waals surface area contributed by atoms with Crippen molar-refractivity contribution in [2.45, 2.75) is 6.04 Å². The molecule has 1 unspecified atom stereocenters. The third-order valence-electron chi connectivity index (χ3n) is 4.45. The summed E-state index contributed by atoms with van der Waals surface area (Å²) in [4.78, 5) is 19.1. The summed E-state index contributed by atoms with van der Waals surface area (Å²) in [5.74, 6) is 1.36. The van der Waals surface area contributed by atoms with E-state index in [9.17, 15) is 4.79 Å². The van der Waals surface area contributed by atoms with E-state index in [0.29, 0.717) is 5.75 Å². The van der Waals surface area contributed by atoms with Gasteiger partial charge in [-0.1, -0.05) is 36.4 Å². The molecule has 0 aliphatic heterocycles. The Balaban J connectivity index is 1.84. The van der Waals surface area contributed by atoms with E-state index in [1.165, 1.54) is 0 Å². The van der Waals surface area contributed by atoms with Crippen LogP contribution >= 0.6 is 0 Å². The monoisotopic (exact) mass is 364 g/mol. The number of carbonyl (C=O) groups is 1. The lowest BCUT2D eigenvalue weighted by Crippen LogP contribution is -2.38. The molecule has 0 saturated carbocycles. The van der Waals surface area contributed by atoms with E-state index in [1.807, 2.05) is 84.4 Å². The maximum Gasteiger partial charge on any atom is 0.240 e. The lowest BCUT2D eigenvalue weighted by atomic mass is 10.0. The van der Waals surface area contributed by atoms with Crippen LogP contribution in [0.5, 0.6) is 5.75 Å². The molecule has 0 aliphatic rings. The smallest absolute Gasteiger partial charge is 0.240 e. The molecule has 0 aliphatic carbocycles. The van der Waals surface area contributed by atoms with Crippen molar-refractivity contribution in [3.05, 3.63) is 78.4 Å². The third kappa shape index (κ3) is 4.28. The van der Waals surface area contributed by atoms with Gasteiger partial charge in [0.1, 0.15) is 17.6 Å². The molecular formula is C21H24N4O2. The van der Waals surface area contributed by atoms with Crippen LogP contribution in [0.3, 0.4) is 0 Å². The Morgan fingerprint density at radius 3 is 2.56 bits per heavy atom. The molecule has 0 spiro atoms. The molecule has 27 heavy (non-hydrogen) atoms. The molecule has 1 heterocycles. The minimum absolute atomic E-state index is 0.0970. The van der Waals surface area contributed by atoms with Gasteiger partial charge in [0.15, 0.2) is 0 Å². The van der Waals surface area contributed by atoms with Gasteiger partial charge in [-0.15, -0.1) is 0 Å². The van der Waals surface area contributed by atoms with Crippen LogP contribution in [0, 0.1) is 0 Å². The summed E-state index contributed by atoms with van der Waals surface area (Å²) in [6.45, 7) is 0.236.